The Morgan fingerprint density at radius 3 is 2.65 bits per heavy atom. The molecule has 0 fully saturated rings. The molecule has 0 radical (unpaired) electrons. The molecule has 0 saturated heterocycles. The number of hydrogen-bond donors (Lipinski definition) is 1. The van der Waals surface area contributed by atoms with Crippen LogP contribution in [-0.4, -0.2) is 10.9 Å². The third kappa shape index (κ3) is 2.40. The number of nitrogens with zero attached hydrogens (tertiary/aromatic N) is 1. The van der Waals surface area contributed by atoms with Crippen LogP contribution >= 0.6 is 23.2 Å². The lowest BCUT2D eigenvalue weighted by atomic mass is 10.0. The van der Waals surface area contributed by atoms with Crippen LogP contribution in [0.1, 0.15) is 10.4 Å². The number of carbonyl (C=O) groups excluding carboxylic acids is 1. The van der Waals surface area contributed by atoms with Gasteiger partial charge in [0.2, 0.25) is 0 Å². The fourth-order valence-corrected chi connectivity index (χ4v) is 2.01. The van der Waals surface area contributed by atoms with Crippen molar-refractivity contribution in [2.75, 3.05) is 0 Å². The number of halogens is 2. The van der Waals surface area contributed by atoms with Crippen molar-refractivity contribution in [2.24, 2.45) is 5.73 Å². The van der Waals surface area contributed by atoms with E-state index in [0.29, 0.717) is 10.6 Å². The molecule has 0 aliphatic heterocycles. The molecule has 2 rings (SSSR count). The van der Waals surface area contributed by atoms with Gasteiger partial charge in [-0.05, 0) is 29.3 Å². The molecule has 0 aliphatic rings. The quantitative estimate of drug-likeness (QED) is 0.849. The first-order chi connectivity index (χ1) is 8.09. The maximum atomic E-state index is 11.4. The molecule has 0 aliphatic carbocycles. The summed E-state index contributed by atoms with van der Waals surface area (Å²) in [6.07, 6.45) is 1.52. The Morgan fingerprint density at radius 1 is 1.24 bits per heavy atom. The highest BCUT2D eigenvalue weighted by molar-refractivity contribution is 6.33. The largest absolute Gasteiger partial charge is 0.365 e. The predicted octanol–water partition coefficient (Wildman–Crippen LogP) is 3.15. The van der Waals surface area contributed by atoms with Gasteiger partial charge in [0.15, 0.2) is 0 Å². The summed E-state index contributed by atoms with van der Waals surface area (Å²) in [5.41, 5.74) is 6.90. The number of aromatic nitrogens is 1. The average molecular weight is 267 g/mol. The van der Waals surface area contributed by atoms with Crippen molar-refractivity contribution in [1.82, 2.24) is 4.98 Å². The Morgan fingerprint density at radius 2 is 2.00 bits per heavy atom. The molecule has 2 N–H and O–H groups in total. The first-order valence-electron chi connectivity index (χ1n) is 4.80. The van der Waals surface area contributed by atoms with Gasteiger partial charge in [0, 0.05) is 11.2 Å². The van der Waals surface area contributed by atoms with Crippen LogP contribution in [0, 0.1) is 0 Å². The van der Waals surface area contributed by atoms with Crippen molar-refractivity contribution in [1.29, 1.82) is 0 Å². The van der Waals surface area contributed by atoms with E-state index in [4.69, 9.17) is 28.9 Å². The fourth-order valence-electron chi connectivity index (χ4n) is 1.57. The van der Waals surface area contributed by atoms with Gasteiger partial charge in [-0.1, -0.05) is 35.3 Å². The van der Waals surface area contributed by atoms with Crippen LogP contribution in [0.15, 0.2) is 36.5 Å². The lowest BCUT2D eigenvalue weighted by molar-refractivity contribution is 0.100. The van der Waals surface area contributed by atoms with Crippen LogP contribution in [0.2, 0.25) is 10.2 Å². The van der Waals surface area contributed by atoms with Crippen LogP contribution < -0.4 is 5.73 Å². The number of nitrogens with two attached hydrogens (primary N) is 1. The van der Waals surface area contributed by atoms with E-state index in [1.165, 1.54) is 6.20 Å². The number of carbonyl (C=O) groups is 1. The Bertz CT molecular complexity index is 584. The first-order valence-corrected chi connectivity index (χ1v) is 5.55. The maximum absolute atomic E-state index is 11.4. The fraction of sp³-hybridized carbons (Fsp3) is 0. The lowest BCUT2D eigenvalue weighted by Gasteiger charge is -2.08. The zero-order chi connectivity index (χ0) is 12.4. The Hall–Kier alpha value is -1.58. The number of pyridine rings is 1. The van der Waals surface area contributed by atoms with Crippen molar-refractivity contribution < 1.29 is 4.79 Å². The molecule has 1 heterocycles. The molecule has 1 aromatic carbocycles. The topological polar surface area (TPSA) is 56.0 Å². The van der Waals surface area contributed by atoms with Crippen molar-refractivity contribution in [2.45, 2.75) is 0 Å². The normalized spacial score (nSPS) is 10.2. The summed E-state index contributed by atoms with van der Waals surface area (Å²) < 4.78 is 0. The molecule has 5 heteroatoms. The van der Waals surface area contributed by atoms with Crippen LogP contribution in [0.25, 0.3) is 11.1 Å². The van der Waals surface area contributed by atoms with Crippen molar-refractivity contribution in [3.63, 3.8) is 0 Å². The van der Waals surface area contributed by atoms with E-state index in [0.717, 1.165) is 5.56 Å². The van der Waals surface area contributed by atoms with E-state index in [1.807, 2.05) is 6.07 Å². The standard InChI is InChI=1S/C12H8Cl2N2O/c13-8-3-1-2-7(6-8)9-4-5-16-11(14)10(9)12(15)17/h1-6H,(H2,15,17). The third-order valence-electron chi connectivity index (χ3n) is 2.29. The van der Waals surface area contributed by atoms with Gasteiger partial charge in [-0.3, -0.25) is 4.79 Å². The molecular weight excluding hydrogens is 259 g/mol. The molecular formula is C12H8Cl2N2O. The van der Waals surface area contributed by atoms with Gasteiger partial charge in [0.05, 0.1) is 5.56 Å². The molecule has 1 aromatic heterocycles. The Labute approximate surface area is 108 Å². The van der Waals surface area contributed by atoms with Crippen LogP contribution in [0.5, 0.6) is 0 Å². The van der Waals surface area contributed by atoms with Crippen LogP contribution in [-0.2, 0) is 0 Å². The van der Waals surface area contributed by atoms with Gasteiger partial charge in [0.1, 0.15) is 5.15 Å². The molecule has 0 saturated carbocycles. The van der Waals surface area contributed by atoms with E-state index < -0.39 is 5.91 Å². The molecule has 17 heavy (non-hydrogen) atoms. The summed E-state index contributed by atoms with van der Waals surface area (Å²) >= 11 is 11.8. The highest BCUT2D eigenvalue weighted by atomic mass is 35.5. The molecule has 0 bridgehead atoms. The van der Waals surface area contributed by atoms with Gasteiger partial charge < -0.3 is 5.73 Å². The number of primary amides is 1. The van der Waals surface area contributed by atoms with Crippen molar-refractivity contribution >= 4 is 29.1 Å². The summed E-state index contributed by atoms with van der Waals surface area (Å²) in [5, 5.41) is 0.667. The highest BCUT2D eigenvalue weighted by Gasteiger charge is 2.14. The number of rotatable bonds is 2. The first kappa shape index (κ1) is 11.9. The van der Waals surface area contributed by atoms with E-state index in [-0.39, 0.29) is 10.7 Å². The second kappa shape index (κ2) is 4.73. The number of amides is 1. The van der Waals surface area contributed by atoms with Crippen molar-refractivity contribution in [3.8, 4) is 11.1 Å². The van der Waals surface area contributed by atoms with Crippen molar-refractivity contribution in [3.05, 3.63) is 52.3 Å². The van der Waals surface area contributed by atoms with Gasteiger partial charge in [0.25, 0.3) is 5.91 Å². The smallest absolute Gasteiger partial charge is 0.252 e. The SMILES string of the molecule is NC(=O)c1c(-c2cccc(Cl)c2)ccnc1Cl. The van der Waals surface area contributed by atoms with Gasteiger partial charge in [-0.25, -0.2) is 4.98 Å². The minimum absolute atomic E-state index is 0.0926. The zero-order valence-electron chi connectivity index (χ0n) is 8.65. The Kier molecular flexibility index (Phi) is 3.31. The molecule has 0 spiro atoms. The summed E-state index contributed by atoms with van der Waals surface area (Å²) in [6.45, 7) is 0. The van der Waals surface area contributed by atoms with E-state index in [9.17, 15) is 4.79 Å². The summed E-state index contributed by atoms with van der Waals surface area (Å²) in [4.78, 5) is 15.2. The zero-order valence-corrected chi connectivity index (χ0v) is 10.2. The van der Waals surface area contributed by atoms with Gasteiger partial charge >= 0.3 is 0 Å². The molecule has 1 amide bonds. The minimum Gasteiger partial charge on any atom is -0.365 e. The summed E-state index contributed by atoms with van der Waals surface area (Å²) in [7, 11) is 0. The molecule has 0 atom stereocenters. The number of benzene rings is 1. The van der Waals surface area contributed by atoms with Gasteiger partial charge in [-0.2, -0.15) is 0 Å². The van der Waals surface area contributed by atoms with Crippen LogP contribution in [0.3, 0.4) is 0 Å². The maximum Gasteiger partial charge on any atom is 0.252 e. The molecule has 0 unspecified atom stereocenters. The second-order valence-corrected chi connectivity index (χ2v) is 4.19. The third-order valence-corrected chi connectivity index (χ3v) is 2.81. The van der Waals surface area contributed by atoms with Gasteiger partial charge in [-0.15, -0.1) is 0 Å². The molecule has 2 aromatic rings. The molecule has 86 valence electrons. The summed E-state index contributed by atoms with van der Waals surface area (Å²) in [6, 6.07) is 8.77. The van der Waals surface area contributed by atoms with E-state index in [2.05, 4.69) is 4.98 Å². The predicted molar refractivity (Wildman–Crippen MR) is 68.2 cm³/mol. The molecule has 3 nitrogen and oxygen atoms in total. The average Bonchev–Trinajstić information content (AvgIpc) is 2.28. The minimum atomic E-state index is -0.613. The summed E-state index contributed by atoms with van der Waals surface area (Å²) in [5.74, 6) is -0.613. The lowest BCUT2D eigenvalue weighted by Crippen LogP contribution is -2.13. The Balaban J connectivity index is 2.67. The van der Waals surface area contributed by atoms with Crippen LogP contribution in [0.4, 0.5) is 0 Å². The number of hydrogen-bond acceptors (Lipinski definition) is 2. The monoisotopic (exact) mass is 266 g/mol. The second-order valence-electron chi connectivity index (χ2n) is 3.40. The van der Waals surface area contributed by atoms with E-state index in [1.54, 1.807) is 24.3 Å². The van der Waals surface area contributed by atoms with E-state index >= 15 is 0 Å². The highest BCUT2D eigenvalue weighted by Crippen LogP contribution is 2.28.